The van der Waals surface area contributed by atoms with E-state index >= 15 is 0 Å². The lowest BCUT2D eigenvalue weighted by atomic mass is 9.86. The molecule has 0 radical (unpaired) electrons. The highest BCUT2D eigenvalue weighted by Crippen LogP contribution is 2.35. The van der Waals surface area contributed by atoms with Gasteiger partial charge in [-0.1, -0.05) is 125 Å². The van der Waals surface area contributed by atoms with Crippen molar-refractivity contribution in [2.24, 2.45) is 11.8 Å². The Hall–Kier alpha value is -5.70. The van der Waals surface area contributed by atoms with Gasteiger partial charge < -0.3 is 15.0 Å². The molecule has 0 aliphatic carbocycles. The Bertz CT molecular complexity index is 2260. The number of hydrogen-bond acceptors (Lipinski definition) is 7. The first-order valence-electron chi connectivity index (χ1n) is 23.3. The van der Waals surface area contributed by atoms with Gasteiger partial charge in [0.05, 0.1) is 7.11 Å². The van der Waals surface area contributed by atoms with E-state index in [1.165, 1.54) is 30.4 Å². The minimum Gasteiger partial charge on any atom is -0.467 e. The lowest BCUT2D eigenvalue weighted by Gasteiger charge is -2.32. The van der Waals surface area contributed by atoms with Gasteiger partial charge in [0.15, 0.2) is 5.78 Å². The lowest BCUT2D eigenvalue weighted by Crippen LogP contribution is -2.46. The summed E-state index contributed by atoms with van der Waals surface area (Å²) < 4.78 is 5.05. The predicted octanol–water partition coefficient (Wildman–Crippen LogP) is 10.4. The molecule has 64 heavy (non-hydrogen) atoms. The molecule has 0 unspecified atom stereocenters. The fraction of sp³-hybridized carbons (Fsp3) is 0.455. The number of benzene rings is 4. The van der Waals surface area contributed by atoms with Crippen LogP contribution >= 0.6 is 0 Å². The maximum Gasteiger partial charge on any atom is 0.328 e. The van der Waals surface area contributed by atoms with Crippen LogP contribution in [-0.2, 0) is 52.8 Å². The molecule has 9 heteroatoms. The first kappa shape index (κ1) is 49.3. The van der Waals surface area contributed by atoms with Gasteiger partial charge in [-0.25, -0.2) is 4.79 Å². The summed E-state index contributed by atoms with van der Waals surface area (Å²) in [7, 11) is 2.89. The number of unbranched alkanes of at least 4 members (excludes halogenated alkanes) is 3. The molecule has 1 heterocycles. The Kier molecular flexibility index (Phi) is 18.4. The molecule has 5 rings (SSSR count). The summed E-state index contributed by atoms with van der Waals surface area (Å²) in [6, 6.07) is 26.4. The second kappa shape index (κ2) is 23.8. The van der Waals surface area contributed by atoms with Gasteiger partial charge in [0.25, 0.3) is 0 Å². The van der Waals surface area contributed by atoms with E-state index in [4.69, 9.17) is 4.74 Å². The third-order valence-corrected chi connectivity index (χ3v) is 12.8. The van der Waals surface area contributed by atoms with Crippen LogP contribution < -0.4 is 5.32 Å². The summed E-state index contributed by atoms with van der Waals surface area (Å²) in [5.41, 5.74) is 9.73. The zero-order valence-electron chi connectivity index (χ0n) is 39.1. The summed E-state index contributed by atoms with van der Waals surface area (Å²) in [6.45, 7) is 9.90. The van der Waals surface area contributed by atoms with Gasteiger partial charge >= 0.3 is 5.97 Å². The number of carbonyl (C=O) groups excluding carboxylic acids is 6. The van der Waals surface area contributed by atoms with Gasteiger partial charge in [0.2, 0.25) is 11.8 Å². The molecule has 1 aliphatic rings. The van der Waals surface area contributed by atoms with Crippen LogP contribution in [0.5, 0.6) is 0 Å². The highest BCUT2D eigenvalue weighted by molar-refractivity contribution is 5.96. The number of methoxy groups -OCH3 is 1. The number of amides is 2. The highest BCUT2D eigenvalue weighted by Gasteiger charge is 2.36. The van der Waals surface area contributed by atoms with Crippen molar-refractivity contribution in [3.05, 3.63) is 118 Å². The lowest BCUT2D eigenvalue weighted by molar-refractivity contribution is -0.146. The molecule has 4 atom stereocenters. The molecule has 0 aromatic heterocycles. The highest BCUT2D eigenvalue weighted by atomic mass is 16.5. The number of esters is 1. The quantitative estimate of drug-likeness (QED) is 0.0734. The van der Waals surface area contributed by atoms with Crippen LogP contribution in [0.15, 0.2) is 84.9 Å². The van der Waals surface area contributed by atoms with Gasteiger partial charge in [-0.05, 0) is 101 Å². The van der Waals surface area contributed by atoms with E-state index in [-0.39, 0.29) is 55.4 Å². The average molecular weight is 869 g/mol. The molecule has 9 nitrogen and oxygen atoms in total. The Morgan fingerprint density at radius 2 is 1.34 bits per heavy atom. The number of rotatable bonds is 19. The molecule has 4 aromatic rings. The molecule has 1 N–H and O–H groups in total. The van der Waals surface area contributed by atoms with E-state index in [1.807, 2.05) is 74.5 Å². The Balaban J connectivity index is 1.29. The predicted molar refractivity (Wildman–Crippen MR) is 254 cm³/mol. The molecule has 0 spiro atoms. The molecule has 0 saturated heterocycles. The SMILES string of the molecule is CCCCC[C@H](CC(=O)CCCC(=O)Cc1ccc(-c2ccc(CCCC)cc2)cc1)C(=O)N(C)[C@@H]1C(=O)C[C@@H](C)C(=O)N[C@H](C(=O)OC)Cc2ccc(C)c(c2)-c2cc1ccc2C. The van der Waals surface area contributed by atoms with Gasteiger partial charge in [0.1, 0.15) is 23.7 Å². The third-order valence-electron chi connectivity index (χ3n) is 12.8. The second-order valence-corrected chi connectivity index (χ2v) is 17.9. The number of aryl methyl sites for hydroxylation is 3. The molecule has 1 aliphatic heterocycles. The molecular formula is C55H68N2O7. The minimum atomic E-state index is -1.03. The fourth-order valence-corrected chi connectivity index (χ4v) is 8.81. The number of ketones is 3. The smallest absolute Gasteiger partial charge is 0.328 e. The van der Waals surface area contributed by atoms with Crippen LogP contribution in [0.4, 0.5) is 0 Å². The largest absolute Gasteiger partial charge is 0.467 e. The Labute approximate surface area is 380 Å². The third kappa shape index (κ3) is 13.4. The van der Waals surface area contributed by atoms with Crippen molar-refractivity contribution >= 4 is 35.1 Å². The second-order valence-electron chi connectivity index (χ2n) is 17.9. The van der Waals surface area contributed by atoms with Crippen molar-refractivity contribution in [2.45, 2.75) is 137 Å². The minimum absolute atomic E-state index is 0.0158. The molecule has 4 aromatic carbocycles. The summed E-state index contributed by atoms with van der Waals surface area (Å²) in [6.07, 6.45) is 7.68. The van der Waals surface area contributed by atoms with Gasteiger partial charge in [0, 0.05) is 57.4 Å². The van der Waals surface area contributed by atoms with E-state index in [0.717, 1.165) is 70.2 Å². The average Bonchev–Trinajstić information content (AvgIpc) is 3.28. The zero-order valence-corrected chi connectivity index (χ0v) is 39.1. The van der Waals surface area contributed by atoms with Crippen LogP contribution in [-0.4, -0.2) is 60.2 Å². The molecule has 0 saturated carbocycles. The first-order chi connectivity index (χ1) is 30.7. The number of hydrogen-bond donors (Lipinski definition) is 1. The van der Waals surface area contributed by atoms with E-state index in [1.54, 1.807) is 14.0 Å². The Morgan fingerprint density at radius 3 is 1.98 bits per heavy atom. The number of carbonyl (C=O) groups is 6. The van der Waals surface area contributed by atoms with Crippen molar-refractivity contribution in [1.29, 1.82) is 0 Å². The molecular weight excluding hydrogens is 801 g/mol. The Morgan fingerprint density at radius 1 is 0.734 bits per heavy atom. The van der Waals surface area contributed by atoms with E-state index in [9.17, 15) is 28.8 Å². The van der Waals surface area contributed by atoms with E-state index in [2.05, 4.69) is 43.4 Å². The van der Waals surface area contributed by atoms with Crippen molar-refractivity contribution < 1.29 is 33.5 Å². The zero-order chi connectivity index (χ0) is 46.3. The summed E-state index contributed by atoms with van der Waals surface area (Å²) in [5.74, 6) is -3.18. The maximum absolute atomic E-state index is 14.6. The number of fused-ring (bicyclic) bond motifs is 5. The van der Waals surface area contributed by atoms with Crippen molar-refractivity contribution in [1.82, 2.24) is 10.2 Å². The monoisotopic (exact) mass is 869 g/mol. The van der Waals surface area contributed by atoms with Gasteiger partial charge in [-0.15, -0.1) is 0 Å². The normalized spacial score (nSPS) is 16.9. The maximum atomic E-state index is 14.6. The number of nitrogens with zero attached hydrogens (tertiary/aromatic N) is 1. The number of likely N-dealkylation sites (N-methyl/N-ethyl adjacent to an activating group) is 1. The topological polar surface area (TPSA) is 127 Å². The number of Topliss-reactive ketones (excluding diaryl/α,β-unsaturated/α-hetero) is 3. The number of ether oxygens (including phenoxy) is 1. The van der Waals surface area contributed by atoms with Crippen LogP contribution in [0.3, 0.4) is 0 Å². The molecule has 340 valence electrons. The molecule has 2 amide bonds. The standard InChI is InChI=1S/C55H68N2O7/c1-8-10-12-15-45(34-47(59)17-13-16-46(58)31-40-23-28-43(29-24-40)42-26-21-39(22-27-42)14-11-9-2)54(62)57(6)52-44-25-19-37(4)49(35-44)48-32-41(20-18-36(48)3)33-50(55(63)64-7)56-53(61)38(5)30-51(52)60/h18-29,32,35,38,45,50,52H,8-17,30-31,33-34H2,1-7H3,(H,56,61)/t38-,45-,50+,52+/m1/s1. The van der Waals surface area contributed by atoms with Gasteiger partial charge in [-0.3, -0.25) is 24.0 Å². The first-order valence-corrected chi connectivity index (χ1v) is 23.3. The van der Waals surface area contributed by atoms with Crippen LogP contribution in [0.2, 0.25) is 0 Å². The van der Waals surface area contributed by atoms with Crippen molar-refractivity contribution in [3.8, 4) is 22.3 Å². The van der Waals surface area contributed by atoms with E-state index in [0.29, 0.717) is 24.8 Å². The fourth-order valence-electron chi connectivity index (χ4n) is 8.81. The van der Waals surface area contributed by atoms with Crippen LogP contribution in [0.25, 0.3) is 22.3 Å². The summed E-state index contributed by atoms with van der Waals surface area (Å²) in [4.78, 5) is 83.7. The van der Waals surface area contributed by atoms with Gasteiger partial charge in [-0.2, -0.15) is 0 Å². The van der Waals surface area contributed by atoms with Crippen molar-refractivity contribution in [3.63, 3.8) is 0 Å². The number of nitrogens with one attached hydrogen (secondary N) is 1. The van der Waals surface area contributed by atoms with Crippen molar-refractivity contribution in [2.75, 3.05) is 14.2 Å². The van der Waals surface area contributed by atoms with E-state index < -0.39 is 35.8 Å². The van der Waals surface area contributed by atoms with Crippen LogP contribution in [0, 0.1) is 25.7 Å². The summed E-state index contributed by atoms with van der Waals surface area (Å²) in [5, 5.41) is 2.81. The van der Waals surface area contributed by atoms with Crippen LogP contribution in [0.1, 0.15) is 131 Å². The molecule has 0 fully saturated rings. The summed E-state index contributed by atoms with van der Waals surface area (Å²) >= 11 is 0. The molecule has 4 bridgehead atoms.